The van der Waals surface area contributed by atoms with Crippen molar-refractivity contribution in [3.8, 4) is 10.7 Å². The van der Waals surface area contributed by atoms with Gasteiger partial charge in [-0.2, -0.15) is 0 Å². The summed E-state index contributed by atoms with van der Waals surface area (Å²) >= 11 is 3.20. The van der Waals surface area contributed by atoms with Crippen LogP contribution < -0.4 is 5.32 Å². The summed E-state index contributed by atoms with van der Waals surface area (Å²) in [7, 11) is 1.96. The van der Waals surface area contributed by atoms with E-state index in [1.807, 2.05) is 35.2 Å². The number of amides is 1. The van der Waals surface area contributed by atoms with Gasteiger partial charge in [-0.15, -0.1) is 21.5 Å². The van der Waals surface area contributed by atoms with Crippen LogP contribution in [0.5, 0.6) is 0 Å². The maximum absolute atomic E-state index is 12.2. The normalized spacial score (nSPS) is 13.0. The number of carbonyl (C=O) groups is 1. The molecule has 1 aliphatic rings. The number of nitrogens with one attached hydrogen (secondary N) is 1. The summed E-state index contributed by atoms with van der Waals surface area (Å²) in [6, 6.07) is 10.3. The predicted molar refractivity (Wildman–Crippen MR) is 107 cm³/mol. The zero-order valence-corrected chi connectivity index (χ0v) is 16.2. The standard InChI is InChI=1S/C19H20N4OS2/c1-23-18(16-6-3-10-25-16)21-22-19(23)26-11-9-17(24)20-15-8-7-13-4-2-5-14(13)12-15/h3,6-8,10,12H,2,4-5,9,11H2,1H3,(H,20,24). The van der Waals surface area contributed by atoms with Crippen molar-refractivity contribution in [3.05, 3.63) is 46.8 Å². The van der Waals surface area contributed by atoms with Crippen molar-refractivity contribution < 1.29 is 4.79 Å². The van der Waals surface area contributed by atoms with Crippen molar-refractivity contribution in [1.82, 2.24) is 14.8 Å². The van der Waals surface area contributed by atoms with Crippen LogP contribution in [0, 0.1) is 0 Å². The molecule has 0 radical (unpaired) electrons. The zero-order valence-electron chi connectivity index (χ0n) is 14.6. The number of aromatic nitrogens is 3. The molecule has 0 saturated heterocycles. The Morgan fingerprint density at radius 2 is 2.15 bits per heavy atom. The molecule has 0 atom stereocenters. The van der Waals surface area contributed by atoms with E-state index in [4.69, 9.17) is 0 Å². The summed E-state index contributed by atoms with van der Waals surface area (Å²) in [5.74, 6) is 1.58. The van der Waals surface area contributed by atoms with E-state index in [1.54, 1.807) is 23.1 Å². The Labute approximate surface area is 160 Å². The zero-order chi connectivity index (χ0) is 17.9. The Hall–Kier alpha value is -2.12. The van der Waals surface area contributed by atoms with E-state index in [-0.39, 0.29) is 5.91 Å². The predicted octanol–water partition coefficient (Wildman–Crippen LogP) is 4.15. The first kappa shape index (κ1) is 17.3. The molecule has 134 valence electrons. The quantitative estimate of drug-likeness (QED) is 0.649. The number of hydrogen-bond acceptors (Lipinski definition) is 5. The second-order valence-electron chi connectivity index (χ2n) is 6.33. The number of benzene rings is 1. The van der Waals surface area contributed by atoms with Gasteiger partial charge in [-0.3, -0.25) is 4.79 Å². The first-order valence-corrected chi connectivity index (χ1v) is 10.5. The molecular formula is C19H20N4OS2. The van der Waals surface area contributed by atoms with Crippen LogP contribution in [0.3, 0.4) is 0 Å². The van der Waals surface area contributed by atoms with Gasteiger partial charge < -0.3 is 9.88 Å². The Balaban J connectivity index is 1.30. The number of aryl methyl sites for hydroxylation is 2. The number of nitrogens with zero attached hydrogens (tertiary/aromatic N) is 3. The highest BCUT2D eigenvalue weighted by molar-refractivity contribution is 7.99. The molecule has 1 aromatic carbocycles. The SMILES string of the molecule is Cn1c(SCCC(=O)Nc2ccc3c(c2)CCC3)nnc1-c1cccs1. The summed E-state index contributed by atoms with van der Waals surface area (Å²) in [5.41, 5.74) is 3.69. The molecule has 3 aromatic rings. The summed E-state index contributed by atoms with van der Waals surface area (Å²) in [5, 5.41) is 14.4. The van der Waals surface area contributed by atoms with E-state index in [9.17, 15) is 4.79 Å². The fourth-order valence-corrected chi connectivity index (χ4v) is 4.76. The second kappa shape index (κ2) is 7.63. The Morgan fingerprint density at radius 3 is 3.00 bits per heavy atom. The highest BCUT2D eigenvalue weighted by Crippen LogP contribution is 2.27. The van der Waals surface area contributed by atoms with Crippen LogP contribution in [0.4, 0.5) is 5.69 Å². The largest absolute Gasteiger partial charge is 0.326 e. The number of rotatable bonds is 6. The van der Waals surface area contributed by atoms with Crippen molar-refractivity contribution in [2.24, 2.45) is 7.05 Å². The first-order valence-electron chi connectivity index (χ1n) is 8.68. The third-order valence-corrected chi connectivity index (χ3v) is 6.41. The molecular weight excluding hydrogens is 364 g/mol. The van der Waals surface area contributed by atoms with Crippen molar-refractivity contribution >= 4 is 34.7 Å². The van der Waals surface area contributed by atoms with Gasteiger partial charge in [-0.05, 0) is 54.0 Å². The Morgan fingerprint density at radius 1 is 1.27 bits per heavy atom. The molecule has 26 heavy (non-hydrogen) atoms. The molecule has 4 rings (SSSR count). The van der Waals surface area contributed by atoms with Crippen LogP contribution in [0.15, 0.2) is 40.9 Å². The van der Waals surface area contributed by atoms with Gasteiger partial charge in [-0.25, -0.2) is 0 Å². The fourth-order valence-electron chi connectivity index (χ4n) is 3.17. The molecule has 0 spiro atoms. The van der Waals surface area contributed by atoms with Gasteiger partial charge in [0.25, 0.3) is 0 Å². The second-order valence-corrected chi connectivity index (χ2v) is 8.34. The number of thioether (sulfide) groups is 1. The highest BCUT2D eigenvalue weighted by atomic mass is 32.2. The summed E-state index contributed by atoms with van der Waals surface area (Å²) in [4.78, 5) is 13.3. The van der Waals surface area contributed by atoms with E-state index < -0.39 is 0 Å². The van der Waals surface area contributed by atoms with Gasteiger partial charge >= 0.3 is 0 Å². The first-order chi connectivity index (χ1) is 12.7. The number of carbonyl (C=O) groups excluding carboxylic acids is 1. The van der Waals surface area contributed by atoms with Crippen molar-refractivity contribution in [1.29, 1.82) is 0 Å². The van der Waals surface area contributed by atoms with Crippen LogP contribution in [0.2, 0.25) is 0 Å². The molecule has 1 aliphatic carbocycles. The molecule has 0 unspecified atom stereocenters. The maximum atomic E-state index is 12.2. The number of anilines is 1. The number of fused-ring (bicyclic) bond motifs is 1. The lowest BCUT2D eigenvalue weighted by atomic mass is 10.1. The van der Waals surface area contributed by atoms with Crippen LogP contribution in [0.25, 0.3) is 10.7 Å². The van der Waals surface area contributed by atoms with Gasteiger partial charge in [0.1, 0.15) is 0 Å². The molecule has 2 heterocycles. The van der Waals surface area contributed by atoms with E-state index in [0.29, 0.717) is 12.2 Å². The fraction of sp³-hybridized carbons (Fsp3) is 0.316. The minimum Gasteiger partial charge on any atom is -0.326 e. The van der Waals surface area contributed by atoms with Crippen molar-refractivity contribution in [3.63, 3.8) is 0 Å². The molecule has 0 aliphatic heterocycles. The summed E-state index contributed by atoms with van der Waals surface area (Å²) < 4.78 is 1.98. The van der Waals surface area contributed by atoms with Gasteiger partial charge in [0.2, 0.25) is 5.91 Å². The lowest BCUT2D eigenvalue weighted by Gasteiger charge is -2.07. The molecule has 0 saturated carbocycles. The monoisotopic (exact) mass is 384 g/mol. The van der Waals surface area contributed by atoms with Gasteiger partial charge in [0, 0.05) is 24.9 Å². The van der Waals surface area contributed by atoms with Crippen LogP contribution >= 0.6 is 23.1 Å². The summed E-state index contributed by atoms with van der Waals surface area (Å²) in [6.45, 7) is 0. The molecule has 0 fully saturated rings. The average molecular weight is 385 g/mol. The van der Waals surface area contributed by atoms with E-state index >= 15 is 0 Å². The average Bonchev–Trinajstić information content (AvgIpc) is 3.36. The number of thiophene rings is 1. The lowest BCUT2D eigenvalue weighted by molar-refractivity contribution is -0.115. The molecule has 0 bridgehead atoms. The van der Waals surface area contributed by atoms with E-state index in [0.717, 1.165) is 34.4 Å². The molecule has 5 nitrogen and oxygen atoms in total. The molecule has 2 aromatic heterocycles. The molecule has 1 N–H and O–H groups in total. The van der Waals surface area contributed by atoms with Gasteiger partial charge in [-0.1, -0.05) is 23.9 Å². The smallest absolute Gasteiger partial charge is 0.225 e. The summed E-state index contributed by atoms with van der Waals surface area (Å²) in [6.07, 6.45) is 3.94. The molecule has 7 heteroatoms. The Bertz CT molecular complexity index is 918. The topological polar surface area (TPSA) is 59.8 Å². The van der Waals surface area contributed by atoms with Crippen molar-refractivity contribution in [2.75, 3.05) is 11.1 Å². The maximum Gasteiger partial charge on any atom is 0.225 e. The van der Waals surface area contributed by atoms with Gasteiger partial charge in [0.15, 0.2) is 11.0 Å². The third kappa shape index (κ3) is 3.68. The van der Waals surface area contributed by atoms with Gasteiger partial charge in [0.05, 0.1) is 4.88 Å². The van der Waals surface area contributed by atoms with Crippen LogP contribution in [-0.2, 0) is 24.7 Å². The number of hydrogen-bond donors (Lipinski definition) is 1. The third-order valence-electron chi connectivity index (χ3n) is 4.52. The minimum atomic E-state index is 0.0381. The van der Waals surface area contributed by atoms with Crippen molar-refractivity contribution in [2.45, 2.75) is 30.8 Å². The van der Waals surface area contributed by atoms with Crippen LogP contribution in [0.1, 0.15) is 24.0 Å². The van der Waals surface area contributed by atoms with E-state index in [1.165, 1.54) is 17.5 Å². The molecule has 1 amide bonds. The van der Waals surface area contributed by atoms with E-state index in [2.05, 4.69) is 27.6 Å². The highest BCUT2D eigenvalue weighted by Gasteiger charge is 2.14. The lowest BCUT2D eigenvalue weighted by Crippen LogP contribution is -2.12. The minimum absolute atomic E-state index is 0.0381. The van der Waals surface area contributed by atoms with Crippen LogP contribution in [-0.4, -0.2) is 26.4 Å². The Kier molecular flexibility index (Phi) is 5.08.